The molecule has 0 radical (unpaired) electrons. The number of aromatic nitrogens is 2. The van der Waals surface area contributed by atoms with Crippen molar-refractivity contribution >= 4 is 11.6 Å². The van der Waals surface area contributed by atoms with Gasteiger partial charge in [-0.2, -0.15) is 5.10 Å². The maximum atomic E-state index is 11.7. The van der Waals surface area contributed by atoms with Gasteiger partial charge in [0.1, 0.15) is 0 Å². The summed E-state index contributed by atoms with van der Waals surface area (Å²) in [4.78, 5) is 15.7. The number of aryl methyl sites for hydroxylation is 1. The molecule has 0 atom stereocenters. The molecular formula is C14H13N3O. The molecule has 3 rings (SSSR count). The minimum Gasteiger partial charge on any atom is -0.275 e. The van der Waals surface area contributed by atoms with E-state index in [0.29, 0.717) is 5.56 Å². The molecule has 2 aromatic rings. The van der Waals surface area contributed by atoms with Crippen molar-refractivity contribution in [2.24, 2.45) is 12.0 Å². The molecule has 0 spiro atoms. The fourth-order valence-electron chi connectivity index (χ4n) is 2.25. The Balaban J connectivity index is 2.08. The van der Waals surface area contributed by atoms with Crippen LogP contribution in [0.15, 0.2) is 35.6 Å². The van der Waals surface area contributed by atoms with Gasteiger partial charge in [0.2, 0.25) is 0 Å². The third-order valence-electron chi connectivity index (χ3n) is 3.11. The Morgan fingerprint density at radius 1 is 1.28 bits per heavy atom. The Kier molecular flexibility index (Phi) is 2.37. The van der Waals surface area contributed by atoms with Gasteiger partial charge in [0.05, 0.1) is 6.20 Å². The number of hydrogen-bond donors (Lipinski definition) is 0. The van der Waals surface area contributed by atoms with Crippen LogP contribution in [-0.4, -0.2) is 21.4 Å². The molecule has 1 aromatic carbocycles. The minimum atomic E-state index is -0.133. The molecule has 1 aromatic heterocycles. The average Bonchev–Trinajstić information content (AvgIpc) is 2.75. The summed E-state index contributed by atoms with van der Waals surface area (Å²) in [5.74, 6) is -0.133. The van der Waals surface area contributed by atoms with Crippen molar-refractivity contribution in [3.63, 3.8) is 0 Å². The molecule has 0 fully saturated rings. The summed E-state index contributed by atoms with van der Waals surface area (Å²) < 4.78 is 1.77. The maximum Gasteiger partial charge on any atom is 0.277 e. The van der Waals surface area contributed by atoms with Gasteiger partial charge in [-0.3, -0.25) is 9.48 Å². The van der Waals surface area contributed by atoms with Gasteiger partial charge >= 0.3 is 0 Å². The van der Waals surface area contributed by atoms with E-state index < -0.39 is 0 Å². The summed E-state index contributed by atoms with van der Waals surface area (Å²) in [6.45, 7) is 1.89. The largest absolute Gasteiger partial charge is 0.277 e. The highest BCUT2D eigenvalue weighted by Crippen LogP contribution is 2.25. The van der Waals surface area contributed by atoms with E-state index in [-0.39, 0.29) is 5.91 Å². The summed E-state index contributed by atoms with van der Waals surface area (Å²) in [6.07, 6.45) is 4.54. The standard InChI is InChI=1S/C14H13N3O/c1-9-5-11-6-10(12-7-15-17(2)8-12)3-4-13(11)14(18)16-9/h3-4,6-8H,5H2,1-2H3. The lowest BCUT2D eigenvalue weighted by Gasteiger charge is -2.13. The predicted octanol–water partition coefficient (Wildman–Crippen LogP) is 2.24. The van der Waals surface area contributed by atoms with Crippen molar-refractivity contribution in [2.45, 2.75) is 13.3 Å². The van der Waals surface area contributed by atoms with Crippen LogP contribution < -0.4 is 0 Å². The summed E-state index contributed by atoms with van der Waals surface area (Å²) in [6, 6.07) is 5.86. The summed E-state index contributed by atoms with van der Waals surface area (Å²) >= 11 is 0. The van der Waals surface area contributed by atoms with Crippen LogP contribution in [0.25, 0.3) is 11.1 Å². The van der Waals surface area contributed by atoms with Crippen LogP contribution in [-0.2, 0) is 13.5 Å². The van der Waals surface area contributed by atoms with Crippen molar-refractivity contribution < 1.29 is 4.79 Å². The van der Waals surface area contributed by atoms with Gasteiger partial charge in [-0.1, -0.05) is 6.07 Å². The van der Waals surface area contributed by atoms with Crippen molar-refractivity contribution in [3.8, 4) is 11.1 Å². The average molecular weight is 239 g/mol. The minimum absolute atomic E-state index is 0.133. The van der Waals surface area contributed by atoms with Gasteiger partial charge in [0, 0.05) is 36.5 Å². The second kappa shape index (κ2) is 3.91. The monoisotopic (exact) mass is 239 g/mol. The zero-order chi connectivity index (χ0) is 12.7. The summed E-state index contributed by atoms with van der Waals surface area (Å²) in [5, 5.41) is 4.16. The summed E-state index contributed by atoms with van der Waals surface area (Å²) in [7, 11) is 1.89. The molecule has 1 aliphatic heterocycles. The number of carbonyl (C=O) groups excluding carboxylic acids is 1. The maximum absolute atomic E-state index is 11.7. The van der Waals surface area contributed by atoms with Crippen LogP contribution >= 0.6 is 0 Å². The Morgan fingerprint density at radius 2 is 2.11 bits per heavy atom. The smallest absolute Gasteiger partial charge is 0.275 e. The molecule has 4 nitrogen and oxygen atoms in total. The molecule has 0 N–H and O–H groups in total. The molecule has 2 heterocycles. The number of hydrogen-bond acceptors (Lipinski definition) is 2. The Bertz CT molecular complexity index is 667. The fourth-order valence-corrected chi connectivity index (χ4v) is 2.25. The van der Waals surface area contributed by atoms with E-state index in [4.69, 9.17) is 0 Å². The number of fused-ring (bicyclic) bond motifs is 1. The highest BCUT2D eigenvalue weighted by atomic mass is 16.1. The Labute approximate surface area is 105 Å². The van der Waals surface area contributed by atoms with Gasteiger partial charge in [0.15, 0.2) is 0 Å². The zero-order valence-corrected chi connectivity index (χ0v) is 10.3. The van der Waals surface area contributed by atoms with Crippen LogP contribution in [0.5, 0.6) is 0 Å². The third-order valence-corrected chi connectivity index (χ3v) is 3.11. The van der Waals surface area contributed by atoms with Gasteiger partial charge in [0.25, 0.3) is 5.91 Å². The van der Waals surface area contributed by atoms with Crippen molar-refractivity contribution in [1.29, 1.82) is 0 Å². The lowest BCUT2D eigenvalue weighted by Crippen LogP contribution is -2.13. The number of aliphatic imine (C=N–C) groups is 1. The lowest BCUT2D eigenvalue weighted by molar-refractivity contribution is 0.1000. The van der Waals surface area contributed by atoms with Crippen molar-refractivity contribution in [1.82, 2.24) is 9.78 Å². The van der Waals surface area contributed by atoms with Gasteiger partial charge in [-0.05, 0) is 30.2 Å². The molecule has 90 valence electrons. The fraction of sp³-hybridized carbons (Fsp3) is 0.214. The van der Waals surface area contributed by atoms with E-state index >= 15 is 0 Å². The first-order valence-electron chi connectivity index (χ1n) is 5.84. The highest BCUT2D eigenvalue weighted by Gasteiger charge is 2.17. The molecule has 0 unspecified atom stereocenters. The molecule has 18 heavy (non-hydrogen) atoms. The van der Waals surface area contributed by atoms with Gasteiger partial charge < -0.3 is 0 Å². The van der Waals surface area contributed by atoms with Crippen LogP contribution in [0.2, 0.25) is 0 Å². The molecule has 1 amide bonds. The summed E-state index contributed by atoms with van der Waals surface area (Å²) in [5.41, 5.74) is 4.79. The second-order valence-electron chi connectivity index (χ2n) is 4.60. The number of benzene rings is 1. The zero-order valence-electron chi connectivity index (χ0n) is 10.3. The van der Waals surface area contributed by atoms with E-state index in [1.165, 1.54) is 0 Å². The molecule has 1 aliphatic rings. The van der Waals surface area contributed by atoms with Crippen LogP contribution in [0.1, 0.15) is 22.8 Å². The normalized spacial score (nSPS) is 14.3. The molecule has 0 aliphatic carbocycles. The first-order valence-corrected chi connectivity index (χ1v) is 5.84. The van der Waals surface area contributed by atoms with Gasteiger partial charge in [-0.25, -0.2) is 4.99 Å². The molecular weight excluding hydrogens is 226 g/mol. The Morgan fingerprint density at radius 3 is 2.83 bits per heavy atom. The first kappa shape index (κ1) is 10.9. The van der Waals surface area contributed by atoms with Crippen molar-refractivity contribution in [3.05, 3.63) is 41.7 Å². The lowest BCUT2D eigenvalue weighted by atomic mass is 9.95. The van der Waals surface area contributed by atoms with E-state index in [2.05, 4.69) is 16.2 Å². The molecule has 0 saturated heterocycles. The van der Waals surface area contributed by atoms with E-state index in [0.717, 1.165) is 28.8 Å². The Hall–Kier alpha value is -2.23. The topological polar surface area (TPSA) is 47.2 Å². The number of amides is 1. The van der Waals surface area contributed by atoms with Crippen LogP contribution in [0, 0.1) is 0 Å². The molecule has 4 heteroatoms. The number of rotatable bonds is 1. The van der Waals surface area contributed by atoms with E-state index in [9.17, 15) is 4.79 Å². The van der Waals surface area contributed by atoms with Crippen LogP contribution in [0.4, 0.5) is 0 Å². The van der Waals surface area contributed by atoms with E-state index in [1.807, 2.05) is 38.5 Å². The second-order valence-corrected chi connectivity index (χ2v) is 4.60. The van der Waals surface area contributed by atoms with Gasteiger partial charge in [-0.15, -0.1) is 0 Å². The number of carbonyl (C=O) groups is 1. The quantitative estimate of drug-likeness (QED) is 0.766. The van der Waals surface area contributed by atoms with Crippen molar-refractivity contribution in [2.75, 3.05) is 0 Å². The first-order chi connectivity index (χ1) is 8.63. The van der Waals surface area contributed by atoms with Crippen LogP contribution in [0.3, 0.4) is 0 Å². The number of nitrogens with zero attached hydrogens (tertiary/aromatic N) is 3. The molecule has 0 bridgehead atoms. The van der Waals surface area contributed by atoms with E-state index in [1.54, 1.807) is 4.68 Å². The SMILES string of the molecule is CC1=NC(=O)c2ccc(-c3cnn(C)c3)cc2C1. The third kappa shape index (κ3) is 1.76. The predicted molar refractivity (Wildman–Crippen MR) is 69.8 cm³/mol. The molecule has 0 saturated carbocycles. The highest BCUT2D eigenvalue weighted by molar-refractivity contribution is 6.08.